The monoisotopic (exact) mass is 647 g/mol. The Bertz CT molecular complexity index is 1450. The molecule has 8 nitrogen and oxygen atoms in total. The Balaban J connectivity index is 0.988. The lowest BCUT2D eigenvalue weighted by atomic mass is 9.47. The van der Waals surface area contributed by atoms with E-state index in [1.807, 2.05) is 0 Å². The van der Waals surface area contributed by atoms with Gasteiger partial charge in [-0.1, -0.05) is 51.5 Å². The highest BCUT2D eigenvalue weighted by atomic mass is 16.7. The zero-order chi connectivity index (χ0) is 33.3. The smallest absolute Gasteiger partial charge is 0.328 e. The van der Waals surface area contributed by atoms with Crippen LogP contribution in [0.4, 0.5) is 0 Å². The summed E-state index contributed by atoms with van der Waals surface area (Å²) in [5.41, 5.74) is 2.06. The number of hydrogen-bond acceptors (Lipinski definition) is 7. The van der Waals surface area contributed by atoms with Crippen LogP contribution in [-0.4, -0.2) is 48.5 Å². The molecule has 7 rings (SSSR count). The molecular formula is C39H53NO7. The molecule has 0 unspecified atom stereocenters. The summed E-state index contributed by atoms with van der Waals surface area (Å²) in [5, 5.41) is 2.73. The van der Waals surface area contributed by atoms with E-state index in [-0.39, 0.29) is 34.0 Å². The number of carbonyl (C=O) groups excluding carboxylic acids is 3. The van der Waals surface area contributed by atoms with Crippen molar-refractivity contribution in [2.24, 2.45) is 46.3 Å². The molecule has 4 aliphatic carbocycles. The van der Waals surface area contributed by atoms with Gasteiger partial charge in [-0.15, -0.1) is 0 Å². The van der Waals surface area contributed by atoms with Gasteiger partial charge in [-0.3, -0.25) is 9.59 Å². The van der Waals surface area contributed by atoms with E-state index in [2.05, 4.69) is 39.1 Å². The number of para-hydroxylation sites is 1. The lowest BCUT2D eigenvalue weighted by Gasteiger charge is -2.58. The van der Waals surface area contributed by atoms with E-state index in [9.17, 15) is 14.4 Å². The maximum Gasteiger partial charge on any atom is 0.328 e. The van der Waals surface area contributed by atoms with Crippen molar-refractivity contribution in [3.63, 3.8) is 0 Å². The van der Waals surface area contributed by atoms with Gasteiger partial charge in [-0.25, -0.2) is 4.79 Å². The largest absolute Gasteiger partial charge is 0.461 e. The molecule has 6 aliphatic rings. The Hall–Kier alpha value is -2.71. The molecule has 1 amide bonds. The second-order valence-electron chi connectivity index (χ2n) is 16.4. The summed E-state index contributed by atoms with van der Waals surface area (Å²) in [4.78, 5) is 37.6. The number of ether oxygens (including phenoxy) is 4. The average Bonchev–Trinajstić information content (AvgIpc) is 3.48. The highest BCUT2D eigenvalue weighted by molar-refractivity contribution is 5.99. The second-order valence-corrected chi connectivity index (χ2v) is 16.4. The number of allylic oxidation sites excluding steroid dienone is 1. The molecule has 8 heteroatoms. The highest BCUT2D eigenvalue weighted by Gasteiger charge is 2.68. The molecule has 0 radical (unpaired) electrons. The van der Waals surface area contributed by atoms with Crippen LogP contribution >= 0.6 is 0 Å². The van der Waals surface area contributed by atoms with Gasteiger partial charge in [0.05, 0.1) is 18.3 Å². The summed E-state index contributed by atoms with van der Waals surface area (Å²) in [6.45, 7) is 13.5. The van der Waals surface area contributed by atoms with Gasteiger partial charge in [0.2, 0.25) is 0 Å². The summed E-state index contributed by atoms with van der Waals surface area (Å²) in [6.07, 6.45) is 12.1. The fourth-order valence-electron chi connectivity index (χ4n) is 11.2. The van der Waals surface area contributed by atoms with E-state index >= 15 is 0 Å². The van der Waals surface area contributed by atoms with Crippen LogP contribution in [-0.2, 0) is 23.8 Å². The number of benzene rings is 1. The Kier molecular flexibility index (Phi) is 8.39. The van der Waals surface area contributed by atoms with Crippen molar-refractivity contribution >= 4 is 17.8 Å². The third-order valence-corrected chi connectivity index (χ3v) is 13.7. The molecular weight excluding hydrogens is 594 g/mol. The molecule has 3 saturated carbocycles. The minimum Gasteiger partial charge on any atom is -0.461 e. The molecule has 5 fully saturated rings. The van der Waals surface area contributed by atoms with Gasteiger partial charge in [-0.05, 0) is 104 Å². The summed E-state index contributed by atoms with van der Waals surface area (Å²) in [7, 11) is 0. The van der Waals surface area contributed by atoms with Gasteiger partial charge in [-0.2, -0.15) is 0 Å². The van der Waals surface area contributed by atoms with Crippen molar-refractivity contribution < 1.29 is 33.3 Å². The number of amides is 1. The van der Waals surface area contributed by atoms with Crippen LogP contribution in [0.5, 0.6) is 5.75 Å². The lowest BCUT2D eigenvalue weighted by molar-refractivity contribution is -0.272. The second kappa shape index (κ2) is 12.0. The predicted octanol–water partition coefficient (Wildman–Crippen LogP) is 7.01. The third-order valence-electron chi connectivity index (χ3n) is 13.7. The lowest BCUT2D eigenvalue weighted by Crippen LogP contribution is -2.52. The normalized spacial score (nSPS) is 42.6. The number of fused-ring (bicyclic) bond motifs is 7. The molecule has 47 heavy (non-hydrogen) atoms. The van der Waals surface area contributed by atoms with Gasteiger partial charge in [0.25, 0.3) is 5.91 Å². The van der Waals surface area contributed by atoms with Gasteiger partial charge >= 0.3 is 11.9 Å². The SMILES string of the molecule is CC(=O)Oc1ccccc1C(=O)N[C@@H](C)C(=O)O[C@H]1CC[C@@]2(C)C(=CC[C@H]3[C@@H]4C[C@@H]5O[C@]6(CC[C@@H](C)CO6)[C@@H](C)[C@@H]5[C@@]4(C)CC[C@@H]32)C1. The van der Waals surface area contributed by atoms with Crippen molar-refractivity contribution in [1.29, 1.82) is 0 Å². The van der Waals surface area contributed by atoms with Crippen molar-refractivity contribution in [2.45, 2.75) is 123 Å². The first-order chi connectivity index (χ1) is 22.3. The van der Waals surface area contributed by atoms with E-state index in [4.69, 9.17) is 18.9 Å². The molecule has 2 saturated heterocycles. The first kappa shape index (κ1) is 32.8. The molecule has 0 bridgehead atoms. The Morgan fingerprint density at radius 2 is 1.81 bits per heavy atom. The van der Waals surface area contributed by atoms with Crippen molar-refractivity contribution in [2.75, 3.05) is 6.61 Å². The summed E-state index contributed by atoms with van der Waals surface area (Å²) >= 11 is 0. The predicted molar refractivity (Wildman–Crippen MR) is 176 cm³/mol. The van der Waals surface area contributed by atoms with Crippen LogP contribution in [0, 0.1) is 46.3 Å². The minimum atomic E-state index is -0.838. The van der Waals surface area contributed by atoms with E-state index in [1.54, 1.807) is 31.2 Å². The Morgan fingerprint density at radius 1 is 1.02 bits per heavy atom. The summed E-state index contributed by atoms with van der Waals surface area (Å²) < 4.78 is 24.6. The van der Waals surface area contributed by atoms with Crippen LogP contribution in [0.2, 0.25) is 0 Å². The molecule has 2 heterocycles. The third kappa shape index (κ3) is 5.46. The fourth-order valence-corrected chi connectivity index (χ4v) is 11.2. The van der Waals surface area contributed by atoms with Crippen molar-refractivity contribution in [3.05, 3.63) is 41.5 Å². The molecule has 2 aliphatic heterocycles. The van der Waals surface area contributed by atoms with Gasteiger partial charge in [0.1, 0.15) is 17.9 Å². The molecule has 1 aromatic rings. The maximum atomic E-state index is 13.2. The first-order valence-electron chi connectivity index (χ1n) is 18.1. The number of esters is 2. The molecule has 1 N–H and O–H groups in total. The minimum absolute atomic E-state index is 0.126. The molecule has 12 atom stereocenters. The Labute approximate surface area is 279 Å². The molecule has 1 spiro atoms. The van der Waals surface area contributed by atoms with Crippen molar-refractivity contribution in [1.82, 2.24) is 5.32 Å². The highest BCUT2D eigenvalue weighted by Crippen LogP contribution is 2.70. The van der Waals surface area contributed by atoms with E-state index in [0.717, 1.165) is 45.1 Å². The van der Waals surface area contributed by atoms with Crippen LogP contribution in [0.3, 0.4) is 0 Å². The first-order valence-corrected chi connectivity index (χ1v) is 18.1. The number of rotatable bonds is 5. The van der Waals surface area contributed by atoms with Crippen LogP contribution in [0.25, 0.3) is 0 Å². The summed E-state index contributed by atoms with van der Waals surface area (Å²) in [6, 6.07) is 5.66. The number of hydrogen-bond donors (Lipinski definition) is 1. The summed E-state index contributed by atoms with van der Waals surface area (Å²) in [5.74, 6) is 1.92. The maximum absolute atomic E-state index is 13.2. The zero-order valence-corrected chi connectivity index (χ0v) is 29.0. The molecule has 0 aromatic heterocycles. The van der Waals surface area contributed by atoms with Gasteiger partial charge < -0.3 is 24.3 Å². The molecule has 1 aromatic carbocycles. The zero-order valence-electron chi connectivity index (χ0n) is 29.0. The number of carbonyl (C=O) groups is 3. The fraction of sp³-hybridized carbons (Fsp3) is 0.718. The van der Waals surface area contributed by atoms with Gasteiger partial charge in [0, 0.05) is 25.7 Å². The van der Waals surface area contributed by atoms with Crippen LogP contribution in [0.1, 0.15) is 110 Å². The van der Waals surface area contributed by atoms with Crippen LogP contribution in [0.15, 0.2) is 35.9 Å². The van der Waals surface area contributed by atoms with Crippen molar-refractivity contribution in [3.8, 4) is 5.75 Å². The number of nitrogens with one attached hydrogen (secondary N) is 1. The van der Waals surface area contributed by atoms with E-state index in [1.165, 1.54) is 31.8 Å². The molecule has 256 valence electrons. The quantitative estimate of drug-likeness (QED) is 0.209. The average molecular weight is 648 g/mol. The topological polar surface area (TPSA) is 100 Å². The van der Waals surface area contributed by atoms with E-state index < -0.39 is 23.9 Å². The van der Waals surface area contributed by atoms with Crippen LogP contribution < -0.4 is 10.1 Å². The standard InChI is InChI=1S/C39H53NO7/c1-22-13-18-39(44-21-22)23(2)34-33(47-39)20-31-28-12-11-26-19-27(14-16-37(26,5)30(28)15-17-38(31,34)6)46-36(43)24(3)40-35(42)29-9-7-8-10-32(29)45-25(4)41/h7-11,22-24,27-28,30-31,33-34H,12-21H2,1-6H3,(H,40,42)/t22-,23+,24+,27+,28-,30+,31+,33+,34+,37+,38+,39-/m1/s1. The van der Waals surface area contributed by atoms with E-state index in [0.29, 0.717) is 41.6 Å². The van der Waals surface area contributed by atoms with Gasteiger partial charge in [0.15, 0.2) is 5.79 Å². The Morgan fingerprint density at radius 3 is 2.55 bits per heavy atom.